The van der Waals surface area contributed by atoms with E-state index in [9.17, 15) is 8.42 Å². The Labute approximate surface area is 154 Å². The first-order valence-electron chi connectivity index (χ1n) is 7.83. The molecule has 0 spiro atoms. The summed E-state index contributed by atoms with van der Waals surface area (Å²) in [5, 5.41) is 1.03. The number of nitrogens with zero attached hydrogens (tertiary/aromatic N) is 2. The van der Waals surface area contributed by atoms with Gasteiger partial charge in [-0.25, -0.2) is 18.1 Å². The number of aromatic amines is 1. The Hall–Kier alpha value is -2.52. The summed E-state index contributed by atoms with van der Waals surface area (Å²) in [5.41, 5.74) is 0.615. The largest absolute Gasteiger partial charge is 0.483 e. The van der Waals surface area contributed by atoms with Crippen molar-refractivity contribution < 1.29 is 17.9 Å². The van der Waals surface area contributed by atoms with Crippen LogP contribution in [0.15, 0.2) is 35.5 Å². The summed E-state index contributed by atoms with van der Waals surface area (Å²) in [5.74, 6) is 0.461. The molecule has 0 bridgehead atoms. The lowest BCUT2D eigenvalue weighted by molar-refractivity contribution is 0.275. The lowest BCUT2D eigenvalue weighted by Crippen LogP contribution is -2.15. The van der Waals surface area contributed by atoms with Crippen molar-refractivity contribution in [2.24, 2.45) is 0 Å². The number of hydrogen-bond acceptors (Lipinski definition) is 6. The maximum atomic E-state index is 12.7. The van der Waals surface area contributed by atoms with Crippen LogP contribution in [0.4, 0.5) is 5.95 Å². The molecule has 26 heavy (non-hydrogen) atoms. The van der Waals surface area contributed by atoms with Crippen LogP contribution >= 0.6 is 11.6 Å². The molecular formula is C16H15ClN4O4S. The zero-order valence-electron chi connectivity index (χ0n) is 13.7. The Balaban J connectivity index is 1.64. The maximum absolute atomic E-state index is 12.7. The Bertz CT molecular complexity index is 1080. The molecular weight excluding hydrogens is 380 g/mol. The van der Waals surface area contributed by atoms with Crippen LogP contribution in [0.25, 0.3) is 10.9 Å². The van der Waals surface area contributed by atoms with Gasteiger partial charge in [0, 0.05) is 22.1 Å². The minimum atomic E-state index is -3.90. The number of aromatic nitrogens is 3. The minimum absolute atomic E-state index is 0.0741. The summed E-state index contributed by atoms with van der Waals surface area (Å²) in [7, 11) is -2.47. The molecule has 0 amide bonds. The highest BCUT2D eigenvalue weighted by Gasteiger charge is 2.26. The number of hydrogen-bond donors (Lipinski definition) is 2. The highest BCUT2D eigenvalue weighted by Crippen LogP contribution is 2.33. The van der Waals surface area contributed by atoms with Gasteiger partial charge in [0.25, 0.3) is 15.9 Å². The molecule has 1 fully saturated rings. The number of ether oxygens (including phenoxy) is 2. The average molecular weight is 395 g/mol. The highest BCUT2D eigenvalue weighted by molar-refractivity contribution is 7.93. The number of halogens is 1. The Kier molecular flexibility index (Phi) is 4.12. The predicted octanol–water partition coefficient (Wildman–Crippen LogP) is 2.96. The molecule has 8 nitrogen and oxygen atoms in total. The molecule has 1 aliphatic carbocycles. The number of nitrogens with one attached hydrogen (secondary N) is 2. The molecule has 1 aromatic carbocycles. The first-order valence-corrected chi connectivity index (χ1v) is 9.69. The number of benzene rings is 1. The van der Waals surface area contributed by atoms with E-state index in [1.165, 1.54) is 19.5 Å². The third-order valence-corrected chi connectivity index (χ3v) is 5.46. The Morgan fingerprint density at radius 2 is 2.15 bits per heavy atom. The van der Waals surface area contributed by atoms with E-state index in [0.717, 1.165) is 12.8 Å². The van der Waals surface area contributed by atoms with Crippen LogP contribution < -0.4 is 14.2 Å². The third-order valence-electron chi connectivity index (χ3n) is 3.85. The van der Waals surface area contributed by atoms with Gasteiger partial charge in [0.1, 0.15) is 4.90 Å². The fourth-order valence-electron chi connectivity index (χ4n) is 2.47. The van der Waals surface area contributed by atoms with Crippen molar-refractivity contribution in [3.63, 3.8) is 0 Å². The number of rotatable bonds is 6. The van der Waals surface area contributed by atoms with Crippen LogP contribution in [0.5, 0.6) is 11.6 Å². The van der Waals surface area contributed by atoms with E-state index < -0.39 is 10.0 Å². The summed E-state index contributed by atoms with van der Waals surface area (Å²) in [4.78, 5) is 11.1. The molecule has 2 heterocycles. The topological polar surface area (TPSA) is 106 Å². The molecule has 136 valence electrons. The number of sulfonamides is 1. The van der Waals surface area contributed by atoms with Crippen molar-refractivity contribution in [1.82, 2.24) is 15.0 Å². The zero-order chi connectivity index (χ0) is 18.3. The number of fused-ring (bicyclic) bond motifs is 1. The van der Waals surface area contributed by atoms with E-state index in [1.54, 1.807) is 18.2 Å². The van der Waals surface area contributed by atoms with Gasteiger partial charge in [-0.2, -0.15) is 4.98 Å². The molecule has 0 unspecified atom stereocenters. The van der Waals surface area contributed by atoms with Crippen molar-refractivity contribution in [1.29, 1.82) is 0 Å². The standard InChI is InChI=1S/C16H15ClN4O4S/c1-24-15-13(25-10-3-4-10)7-19-16(20-15)21-26(22,23)14-8-18-12-6-9(17)2-5-11(12)14/h2,5-8,10,18H,3-4H2,1H3,(H,19,20,21). The first kappa shape index (κ1) is 16.9. The summed E-state index contributed by atoms with van der Waals surface area (Å²) < 4.78 is 38.6. The first-order chi connectivity index (χ1) is 12.5. The zero-order valence-corrected chi connectivity index (χ0v) is 15.3. The predicted molar refractivity (Wildman–Crippen MR) is 96.4 cm³/mol. The van der Waals surface area contributed by atoms with Crippen LogP contribution in [0, 0.1) is 0 Å². The lowest BCUT2D eigenvalue weighted by atomic mass is 10.2. The van der Waals surface area contributed by atoms with Gasteiger partial charge >= 0.3 is 0 Å². The number of H-pyrrole nitrogens is 1. The molecule has 3 aromatic rings. The quantitative estimate of drug-likeness (QED) is 0.665. The average Bonchev–Trinajstić information content (AvgIpc) is 3.31. The van der Waals surface area contributed by atoms with E-state index in [0.29, 0.717) is 21.7 Å². The number of methoxy groups -OCH3 is 1. The van der Waals surface area contributed by atoms with Gasteiger partial charge in [0.05, 0.1) is 19.4 Å². The van der Waals surface area contributed by atoms with Gasteiger partial charge in [-0.1, -0.05) is 11.6 Å². The van der Waals surface area contributed by atoms with Crippen LogP contribution in [0.3, 0.4) is 0 Å². The van der Waals surface area contributed by atoms with E-state index in [2.05, 4.69) is 19.7 Å². The summed E-state index contributed by atoms with van der Waals surface area (Å²) in [6, 6.07) is 4.91. The van der Waals surface area contributed by atoms with Gasteiger partial charge in [-0.05, 0) is 31.0 Å². The fraction of sp³-hybridized carbons (Fsp3) is 0.250. The molecule has 0 atom stereocenters. The van der Waals surface area contributed by atoms with Gasteiger partial charge < -0.3 is 14.5 Å². The van der Waals surface area contributed by atoms with Crippen LogP contribution in [-0.4, -0.2) is 36.6 Å². The molecule has 0 saturated heterocycles. The summed E-state index contributed by atoms with van der Waals surface area (Å²) in [6.07, 6.45) is 4.89. The van der Waals surface area contributed by atoms with E-state index in [1.807, 2.05) is 0 Å². The van der Waals surface area contributed by atoms with Crippen molar-refractivity contribution in [3.8, 4) is 11.6 Å². The molecule has 0 radical (unpaired) electrons. The molecule has 1 saturated carbocycles. The Morgan fingerprint density at radius 3 is 2.88 bits per heavy atom. The second-order valence-corrected chi connectivity index (χ2v) is 7.92. The van der Waals surface area contributed by atoms with Crippen molar-refractivity contribution in [2.45, 2.75) is 23.8 Å². The second kappa shape index (κ2) is 6.33. The van der Waals surface area contributed by atoms with Crippen molar-refractivity contribution in [2.75, 3.05) is 11.8 Å². The fourth-order valence-corrected chi connectivity index (χ4v) is 3.77. The minimum Gasteiger partial charge on any atom is -0.483 e. The normalized spacial score (nSPS) is 14.4. The highest BCUT2D eigenvalue weighted by atomic mass is 35.5. The van der Waals surface area contributed by atoms with Crippen LogP contribution in [0.1, 0.15) is 12.8 Å². The van der Waals surface area contributed by atoms with Gasteiger partial charge in [0.2, 0.25) is 5.95 Å². The van der Waals surface area contributed by atoms with Gasteiger partial charge in [-0.15, -0.1) is 0 Å². The Morgan fingerprint density at radius 1 is 1.35 bits per heavy atom. The van der Waals surface area contributed by atoms with Crippen molar-refractivity contribution in [3.05, 3.63) is 35.6 Å². The number of anilines is 1. The van der Waals surface area contributed by atoms with Crippen molar-refractivity contribution >= 4 is 38.5 Å². The molecule has 2 N–H and O–H groups in total. The molecule has 2 aromatic heterocycles. The second-order valence-electron chi connectivity index (χ2n) is 5.83. The van der Waals surface area contributed by atoms with E-state index >= 15 is 0 Å². The molecule has 1 aliphatic rings. The van der Waals surface area contributed by atoms with Crippen LogP contribution in [-0.2, 0) is 10.0 Å². The van der Waals surface area contributed by atoms with Gasteiger partial charge in [0.15, 0.2) is 5.75 Å². The SMILES string of the molecule is COc1nc(NS(=O)(=O)c2c[nH]c3cc(Cl)ccc23)ncc1OC1CC1. The van der Waals surface area contributed by atoms with Crippen LogP contribution in [0.2, 0.25) is 5.02 Å². The smallest absolute Gasteiger partial charge is 0.266 e. The third kappa shape index (κ3) is 3.27. The lowest BCUT2D eigenvalue weighted by Gasteiger charge is -2.11. The van der Waals surface area contributed by atoms with E-state index in [4.69, 9.17) is 21.1 Å². The summed E-state index contributed by atoms with van der Waals surface area (Å²) in [6.45, 7) is 0. The molecule has 10 heteroatoms. The molecule has 4 rings (SSSR count). The van der Waals surface area contributed by atoms with E-state index in [-0.39, 0.29) is 22.8 Å². The van der Waals surface area contributed by atoms with Gasteiger partial charge in [-0.3, -0.25) is 0 Å². The molecule has 0 aliphatic heterocycles. The summed E-state index contributed by atoms with van der Waals surface area (Å²) >= 11 is 5.93. The maximum Gasteiger partial charge on any atom is 0.266 e. The monoisotopic (exact) mass is 394 g/mol.